The Morgan fingerprint density at radius 3 is 2.56 bits per heavy atom. The maximum atomic E-state index is 5.30. The molecule has 1 aromatic heterocycles. The van der Waals surface area contributed by atoms with E-state index in [4.69, 9.17) is 14.7 Å². The normalized spacial score (nSPS) is 18.9. The Bertz CT molecular complexity index is 1140. The van der Waals surface area contributed by atoms with Crippen LogP contribution in [0.1, 0.15) is 23.6 Å². The number of hydrogen-bond acceptors (Lipinski definition) is 9. The first kappa shape index (κ1) is 21.0. The molecule has 3 aliphatic heterocycles. The fourth-order valence-corrected chi connectivity index (χ4v) is 4.92. The Morgan fingerprint density at radius 1 is 1.00 bits per heavy atom. The van der Waals surface area contributed by atoms with Crippen molar-refractivity contribution in [3.8, 4) is 5.75 Å². The molecule has 9 heteroatoms. The highest BCUT2D eigenvalue weighted by Gasteiger charge is 2.34. The first-order valence-electron chi connectivity index (χ1n) is 11.9. The van der Waals surface area contributed by atoms with E-state index in [-0.39, 0.29) is 6.04 Å². The van der Waals surface area contributed by atoms with Crippen molar-refractivity contribution in [1.82, 2.24) is 20.7 Å². The summed E-state index contributed by atoms with van der Waals surface area (Å²) in [6, 6.07) is 17.0. The van der Waals surface area contributed by atoms with Crippen LogP contribution in [0.5, 0.6) is 5.75 Å². The zero-order chi connectivity index (χ0) is 22.9. The standard InChI is InChI=1S/C25H30N8O/c1-34-20-8-2-17(3-9-20)16-33-13-10-21-22-23(31-30-21)28-25(29-24(22)33)27-18-4-6-19(7-5-18)32-14-11-26-12-15-32/h2-9,21,26,30H,10-16H2,1H3,(H2,27,28,29,31). The molecule has 3 aliphatic rings. The van der Waals surface area contributed by atoms with E-state index in [0.29, 0.717) is 5.95 Å². The summed E-state index contributed by atoms with van der Waals surface area (Å²) >= 11 is 0. The lowest BCUT2D eigenvalue weighted by atomic mass is 10.0. The minimum Gasteiger partial charge on any atom is -0.497 e. The highest BCUT2D eigenvalue weighted by Crippen LogP contribution is 2.41. The number of nitrogens with zero attached hydrogens (tertiary/aromatic N) is 4. The van der Waals surface area contributed by atoms with Gasteiger partial charge in [-0.15, -0.1) is 0 Å². The maximum absolute atomic E-state index is 5.30. The predicted octanol–water partition coefficient (Wildman–Crippen LogP) is 3.02. The number of ether oxygens (including phenoxy) is 1. The zero-order valence-electron chi connectivity index (χ0n) is 19.3. The summed E-state index contributed by atoms with van der Waals surface area (Å²) in [6.45, 7) is 5.84. The molecule has 0 amide bonds. The van der Waals surface area contributed by atoms with Gasteiger partial charge in [0.1, 0.15) is 11.6 Å². The van der Waals surface area contributed by atoms with Gasteiger partial charge in [0.15, 0.2) is 5.82 Å². The van der Waals surface area contributed by atoms with Crippen LogP contribution in [0.2, 0.25) is 0 Å². The van der Waals surface area contributed by atoms with Crippen LogP contribution in [0.4, 0.5) is 29.0 Å². The Labute approximate surface area is 199 Å². The summed E-state index contributed by atoms with van der Waals surface area (Å²) < 4.78 is 5.30. The molecule has 0 spiro atoms. The van der Waals surface area contributed by atoms with Crippen LogP contribution in [0.15, 0.2) is 48.5 Å². The van der Waals surface area contributed by atoms with Crippen LogP contribution in [0, 0.1) is 0 Å². The fraction of sp³-hybridized carbons (Fsp3) is 0.360. The Balaban J connectivity index is 1.24. The number of anilines is 5. The highest BCUT2D eigenvalue weighted by molar-refractivity contribution is 5.69. The van der Waals surface area contributed by atoms with Crippen LogP contribution >= 0.6 is 0 Å². The Kier molecular flexibility index (Phi) is 5.56. The smallest absolute Gasteiger partial charge is 0.231 e. The lowest BCUT2D eigenvalue weighted by Gasteiger charge is -2.32. The quantitative estimate of drug-likeness (QED) is 0.445. The molecule has 3 aromatic rings. The molecule has 1 fully saturated rings. The van der Waals surface area contributed by atoms with E-state index >= 15 is 0 Å². The highest BCUT2D eigenvalue weighted by atomic mass is 16.5. The fourth-order valence-electron chi connectivity index (χ4n) is 4.92. The molecule has 0 aliphatic carbocycles. The van der Waals surface area contributed by atoms with Gasteiger partial charge in [-0.25, -0.2) is 5.43 Å². The van der Waals surface area contributed by atoms with Gasteiger partial charge < -0.3 is 30.6 Å². The summed E-state index contributed by atoms with van der Waals surface area (Å²) in [5.74, 6) is 3.30. The number of nitrogens with one attached hydrogen (secondary N) is 4. The second-order valence-electron chi connectivity index (χ2n) is 8.92. The second kappa shape index (κ2) is 9.00. The molecule has 0 radical (unpaired) electrons. The van der Waals surface area contributed by atoms with E-state index in [1.807, 2.05) is 12.1 Å². The molecule has 1 unspecified atom stereocenters. The summed E-state index contributed by atoms with van der Waals surface area (Å²) in [4.78, 5) is 14.5. The summed E-state index contributed by atoms with van der Waals surface area (Å²) in [5.41, 5.74) is 11.2. The Hall–Kier alpha value is -3.56. The summed E-state index contributed by atoms with van der Waals surface area (Å²) in [7, 11) is 1.69. The minimum absolute atomic E-state index is 0.240. The monoisotopic (exact) mass is 458 g/mol. The topological polar surface area (TPSA) is 89.6 Å². The molecular formula is C25H30N8O. The number of methoxy groups -OCH3 is 1. The van der Waals surface area contributed by atoms with Gasteiger partial charge in [0.2, 0.25) is 5.95 Å². The molecule has 2 aromatic carbocycles. The number of benzene rings is 2. The maximum Gasteiger partial charge on any atom is 0.231 e. The van der Waals surface area contributed by atoms with Crippen LogP contribution in [0.3, 0.4) is 0 Å². The van der Waals surface area contributed by atoms with E-state index in [1.165, 1.54) is 11.3 Å². The largest absolute Gasteiger partial charge is 0.497 e. The van der Waals surface area contributed by atoms with Gasteiger partial charge in [0.05, 0.1) is 18.7 Å². The molecular weight excluding hydrogens is 428 g/mol. The van der Waals surface area contributed by atoms with Crippen molar-refractivity contribution < 1.29 is 4.74 Å². The molecule has 9 nitrogen and oxygen atoms in total. The lowest BCUT2D eigenvalue weighted by molar-refractivity contribution is 0.414. The molecule has 34 heavy (non-hydrogen) atoms. The van der Waals surface area contributed by atoms with Crippen molar-refractivity contribution in [2.24, 2.45) is 0 Å². The third-order valence-corrected chi connectivity index (χ3v) is 6.76. The number of rotatable bonds is 6. The third-order valence-electron chi connectivity index (χ3n) is 6.76. The number of aromatic nitrogens is 2. The lowest BCUT2D eigenvalue weighted by Crippen LogP contribution is -2.43. The SMILES string of the molecule is COc1ccc(CN2CCC3NNc4nc(Nc5ccc(N6CCNCC6)cc5)nc2c43)cc1. The zero-order valence-corrected chi connectivity index (χ0v) is 19.3. The Morgan fingerprint density at radius 2 is 1.79 bits per heavy atom. The van der Waals surface area contributed by atoms with Gasteiger partial charge in [-0.05, 0) is 48.4 Å². The van der Waals surface area contributed by atoms with E-state index in [2.05, 4.69) is 67.7 Å². The number of hydrazine groups is 1. The summed E-state index contributed by atoms with van der Waals surface area (Å²) in [6.07, 6.45) is 1.01. The molecule has 4 N–H and O–H groups in total. The van der Waals surface area contributed by atoms with E-state index in [9.17, 15) is 0 Å². The second-order valence-corrected chi connectivity index (χ2v) is 8.92. The van der Waals surface area contributed by atoms with Crippen molar-refractivity contribution in [3.05, 3.63) is 59.7 Å². The number of hydrogen-bond donors (Lipinski definition) is 4. The molecule has 0 bridgehead atoms. The molecule has 0 saturated carbocycles. The van der Waals surface area contributed by atoms with Gasteiger partial charge in [0.25, 0.3) is 0 Å². The molecule has 4 heterocycles. The van der Waals surface area contributed by atoms with Crippen LogP contribution in [-0.2, 0) is 6.54 Å². The van der Waals surface area contributed by atoms with Crippen molar-refractivity contribution in [2.45, 2.75) is 19.0 Å². The average molecular weight is 459 g/mol. The van der Waals surface area contributed by atoms with Gasteiger partial charge in [-0.3, -0.25) is 0 Å². The van der Waals surface area contributed by atoms with Crippen molar-refractivity contribution >= 4 is 29.0 Å². The molecule has 1 atom stereocenters. The van der Waals surface area contributed by atoms with Crippen LogP contribution < -0.4 is 36.0 Å². The predicted molar refractivity (Wildman–Crippen MR) is 135 cm³/mol. The first-order chi connectivity index (χ1) is 16.8. The van der Waals surface area contributed by atoms with Crippen molar-refractivity contribution in [2.75, 3.05) is 60.4 Å². The average Bonchev–Trinajstić information content (AvgIpc) is 3.31. The van der Waals surface area contributed by atoms with Gasteiger partial charge >= 0.3 is 0 Å². The van der Waals surface area contributed by atoms with Gasteiger partial charge in [0, 0.05) is 50.6 Å². The van der Waals surface area contributed by atoms with Crippen molar-refractivity contribution in [3.63, 3.8) is 0 Å². The third kappa shape index (κ3) is 4.08. The van der Waals surface area contributed by atoms with Gasteiger partial charge in [-0.1, -0.05) is 12.1 Å². The summed E-state index contributed by atoms with van der Waals surface area (Å²) in [5, 5.41) is 6.81. The number of piperazine rings is 1. The first-order valence-corrected chi connectivity index (χ1v) is 11.9. The molecule has 1 saturated heterocycles. The minimum atomic E-state index is 0.240. The van der Waals surface area contributed by atoms with Crippen LogP contribution in [0.25, 0.3) is 0 Å². The molecule has 176 valence electrons. The van der Waals surface area contributed by atoms with Gasteiger partial charge in [-0.2, -0.15) is 9.97 Å². The van der Waals surface area contributed by atoms with Crippen molar-refractivity contribution in [1.29, 1.82) is 0 Å². The van der Waals surface area contributed by atoms with E-state index in [0.717, 1.165) is 74.3 Å². The van der Waals surface area contributed by atoms with E-state index in [1.54, 1.807) is 7.11 Å². The molecule has 6 rings (SSSR count). The van der Waals surface area contributed by atoms with Crippen LogP contribution in [-0.4, -0.2) is 49.8 Å². The van der Waals surface area contributed by atoms with E-state index < -0.39 is 0 Å².